The summed E-state index contributed by atoms with van der Waals surface area (Å²) in [5, 5.41) is 7.18. The van der Waals surface area contributed by atoms with Gasteiger partial charge in [0.2, 0.25) is 5.95 Å². The van der Waals surface area contributed by atoms with Crippen molar-refractivity contribution in [2.24, 2.45) is 0 Å². The summed E-state index contributed by atoms with van der Waals surface area (Å²) >= 11 is 3.35. The minimum atomic E-state index is 0.353. The summed E-state index contributed by atoms with van der Waals surface area (Å²) in [5.41, 5.74) is 0. The van der Waals surface area contributed by atoms with Gasteiger partial charge in [0.25, 0.3) is 0 Å². The Morgan fingerprint density at radius 2 is 2.16 bits per heavy atom. The number of aromatic amines is 1. The van der Waals surface area contributed by atoms with Gasteiger partial charge in [0.15, 0.2) is 5.82 Å². The largest absolute Gasteiger partial charge is 0.340 e. The van der Waals surface area contributed by atoms with Crippen LogP contribution < -0.4 is 4.90 Å². The fourth-order valence-corrected chi connectivity index (χ4v) is 2.59. The molecule has 0 radical (unpaired) electrons. The van der Waals surface area contributed by atoms with E-state index in [-0.39, 0.29) is 0 Å². The molecule has 1 unspecified atom stereocenters. The molecule has 2 aromatic rings. The lowest BCUT2D eigenvalue weighted by atomic mass is 9.98. The minimum absolute atomic E-state index is 0.353. The van der Waals surface area contributed by atoms with Crippen molar-refractivity contribution in [2.45, 2.75) is 25.7 Å². The molecule has 1 atom stereocenters. The molecule has 0 amide bonds. The van der Waals surface area contributed by atoms with E-state index < -0.39 is 0 Å². The van der Waals surface area contributed by atoms with Crippen molar-refractivity contribution < 1.29 is 0 Å². The molecule has 1 aliphatic rings. The van der Waals surface area contributed by atoms with E-state index in [9.17, 15) is 0 Å². The van der Waals surface area contributed by atoms with Gasteiger partial charge in [-0.25, -0.2) is 15.0 Å². The van der Waals surface area contributed by atoms with Gasteiger partial charge in [-0.15, -0.1) is 0 Å². The molecule has 19 heavy (non-hydrogen) atoms. The van der Waals surface area contributed by atoms with Crippen molar-refractivity contribution in [1.29, 1.82) is 0 Å². The van der Waals surface area contributed by atoms with Crippen LogP contribution in [-0.2, 0) is 0 Å². The second-order valence-corrected chi connectivity index (χ2v) is 5.68. The Morgan fingerprint density at radius 3 is 2.84 bits per heavy atom. The Labute approximate surface area is 119 Å². The van der Waals surface area contributed by atoms with Gasteiger partial charge in [-0.05, 0) is 35.7 Å². The second kappa shape index (κ2) is 5.24. The highest BCUT2D eigenvalue weighted by atomic mass is 79.9. The first kappa shape index (κ1) is 12.5. The maximum atomic E-state index is 4.43. The lowest BCUT2D eigenvalue weighted by Gasteiger charge is -2.31. The summed E-state index contributed by atoms with van der Waals surface area (Å²) in [6.07, 6.45) is 5.79. The van der Waals surface area contributed by atoms with Crippen molar-refractivity contribution in [3.63, 3.8) is 0 Å². The Kier molecular flexibility index (Phi) is 3.46. The van der Waals surface area contributed by atoms with Crippen LogP contribution in [0, 0.1) is 6.92 Å². The van der Waals surface area contributed by atoms with E-state index in [1.807, 2.05) is 6.92 Å². The molecule has 1 fully saturated rings. The number of piperidine rings is 1. The summed E-state index contributed by atoms with van der Waals surface area (Å²) in [6.45, 7) is 3.79. The van der Waals surface area contributed by atoms with Gasteiger partial charge in [-0.3, -0.25) is 5.10 Å². The van der Waals surface area contributed by atoms with Gasteiger partial charge < -0.3 is 4.90 Å². The minimum Gasteiger partial charge on any atom is -0.340 e. The zero-order valence-corrected chi connectivity index (χ0v) is 12.3. The zero-order valence-electron chi connectivity index (χ0n) is 10.7. The average Bonchev–Trinajstić information content (AvgIpc) is 2.86. The molecule has 1 aliphatic heterocycles. The molecule has 1 N–H and O–H groups in total. The van der Waals surface area contributed by atoms with E-state index in [4.69, 9.17) is 0 Å². The number of rotatable bonds is 2. The van der Waals surface area contributed by atoms with E-state index in [0.29, 0.717) is 5.92 Å². The van der Waals surface area contributed by atoms with Gasteiger partial charge in [0.05, 0.1) is 4.47 Å². The smallest absolute Gasteiger partial charge is 0.225 e. The molecule has 0 aliphatic carbocycles. The highest BCUT2D eigenvalue weighted by Crippen LogP contribution is 2.26. The summed E-state index contributed by atoms with van der Waals surface area (Å²) in [7, 11) is 0. The van der Waals surface area contributed by atoms with Crippen LogP contribution in [0.3, 0.4) is 0 Å². The Morgan fingerprint density at radius 1 is 1.37 bits per heavy atom. The molecule has 0 spiro atoms. The molecule has 2 aromatic heterocycles. The van der Waals surface area contributed by atoms with Gasteiger partial charge in [-0.1, -0.05) is 0 Å². The summed E-state index contributed by atoms with van der Waals surface area (Å²) in [5.74, 6) is 2.90. The average molecular weight is 323 g/mol. The molecule has 6 nitrogen and oxygen atoms in total. The topological polar surface area (TPSA) is 70.6 Å². The van der Waals surface area contributed by atoms with Crippen LogP contribution >= 0.6 is 15.9 Å². The van der Waals surface area contributed by atoms with Crippen LogP contribution in [0.4, 0.5) is 5.95 Å². The molecule has 0 aromatic carbocycles. The fourth-order valence-electron chi connectivity index (χ4n) is 2.38. The van der Waals surface area contributed by atoms with Crippen molar-refractivity contribution in [2.75, 3.05) is 18.0 Å². The molecule has 3 rings (SSSR count). The number of halogens is 1. The van der Waals surface area contributed by atoms with E-state index in [1.165, 1.54) is 0 Å². The summed E-state index contributed by atoms with van der Waals surface area (Å²) < 4.78 is 0.898. The predicted octanol–water partition coefficient (Wildman–Crippen LogP) is 2.05. The maximum absolute atomic E-state index is 4.43. The van der Waals surface area contributed by atoms with Crippen molar-refractivity contribution in [3.8, 4) is 0 Å². The van der Waals surface area contributed by atoms with Crippen molar-refractivity contribution >= 4 is 21.9 Å². The monoisotopic (exact) mass is 322 g/mol. The lowest BCUT2D eigenvalue weighted by Crippen LogP contribution is -2.35. The van der Waals surface area contributed by atoms with Crippen molar-refractivity contribution in [1.82, 2.24) is 25.1 Å². The third kappa shape index (κ3) is 2.75. The van der Waals surface area contributed by atoms with Gasteiger partial charge >= 0.3 is 0 Å². The van der Waals surface area contributed by atoms with Crippen LogP contribution in [-0.4, -0.2) is 38.2 Å². The van der Waals surface area contributed by atoms with Crippen LogP contribution in [0.1, 0.15) is 30.4 Å². The number of hydrogen-bond donors (Lipinski definition) is 1. The molecule has 1 saturated heterocycles. The van der Waals surface area contributed by atoms with Crippen molar-refractivity contribution in [3.05, 3.63) is 28.5 Å². The van der Waals surface area contributed by atoms with E-state index >= 15 is 0 Å². The van der Waals surface area contributed by atoms with Gasteiger partial charge in [-0.2, -0.15) is 5.10 Å². The van der Waals surface area contributed by atoms with Crippen LogP contribution in [0.5, 0.6) is 0 Å². The molecule has 7 heteroatoms. The molecular formula is C12H15BrN6. The predicted molar refractivity (Wildman–Crippen MR) is 75.0 cm³/mol. The Bertz CT molecular complexity index is 552. The summed E-state index contributed by atoms with van der Waals surface area (Å²) in [4.78, 5) is 15.3. The number of nitrogens with one attached hydrogen (secondary N) is 1. The maximum Gasteiger partial charge on any atom is 0.225 e. The quantitative estimate of drug-likeness (QED) is 0.916. The summed E-state index contributed by atoms with van der Waals surface area (Å²) in [6, 6.07) is 0. The first-order chi connectivity index (χ1) is 9.22. The third-order valence-corrected chi connectivity index (χ3v) is 3.70. The number of H-pyrrole nitrogens is 1. The highest BCUT2D eigenvalue weighted by molar-refractivity contribution is 9.10. The van der Waals surface area contributed by atoms with Gasteiger partial charge in [0.1, 0.15) is 5.82 Å². The number of aryl methyl sites for hydroxylation is 1. The Hall–Kier alpha value is -1.50. The van der Waals surface area contributed by atoms with E-state index in [1.54, 1.807) is 12.4 Å². The highest BCUT2D eigenvalue weighted by Gasteiger charge is 2.25. The van der Waals surface area contributed by atoms with Crippen LogP contribution in [0.25, 0.3) is 0 Å². The lowest BCUT2D eigenvalue weighted by molar-refractivity contribution is 0.486. The molecule has 3 heterocycles. The second-order valence-electron chi connectivity index (χ2n) is 4.77. The molecule has 0 bridgehead atoms. The number of aromatic nitrogens is 5. The van der Waals surface area contributed by atoms with Crippen LogP contribution in [0.2, 0.25) is 0 Å². The first-order valence-corrected chi connectivity index (χ1v) is 7.13. The zero-order chi connectivity index (χ0) is 13.2. The van der Waals surface area contributed by atoms with E-state index in [0.717, 1.165) is 48.0 Å². The first-order valence-electron chi connectivity index (χ1n) is 6.34. The number of hydrogen-bond acceptors (Lipinski definition) is 5. The van der Waals surface area contributed by atoms with Crippen LogP contribution in [0.15, 0.2) is 16.9 Å². The molecule has 100 valence electrons. The van der Waals surface area contributed by atoms with E-state index in [2.05, 4.69) is 46.0 Å². The Balaban J connectivity index is 1.76. The SMILES string of the molecule is Cc1nc(C2CCCN(c3ncc(Br)cn3)C2)n[nH]1. The van der Waals surface area contributed by atoms with Gasteiger partial charge in [0, 0.05) is 31.4 Å². The standard InChI is InChI=1S/C12H15BrN6/c1-8-16-11(18-17-8)9-3-2-4-19(7-9)12-14-5-10(13)6-15-12/h5-6,9H,2-4,7H2,1H3,(H,16,17,18). The number of nitrogens with zero attached hydrogens (tertiary/aromatic N) is 5. The number of anilines is 1. The fraction of sp³-hybridized carbons (Fsp3) is 0.500. The molecule has 0 saturated carbocycles. The normalized spacial score (nSPS) is 19.7. The molecular weight excluding hydrogens is 308 g/mol. The third-order valence-electron chi connectivity index (χ3n) is 3.29.